The average Bonchev–Trinajstić information content (AvgIpc) is 2.70. The molecular formula is C21H24O7. The lowest BCUT2D eigenvalue weighted by atomic mass is 9.70. The van der Waals surface area contributed by atoms with Gasteiger partial charge in [0.05, 0.1) is 40.5 Å². The summed E-state index contributed by atoms with van der Waals surface area (Å²) in [6.07, 6.45) is -0.822. The molecule has 1 aliphatic rings. The lowest BCUT2D eigenvalue weighted by Crippen LogP contribution is -2.39. The lowest BCUT2D eigenvalue weighted by molar-refractivity contribution is -0.146. The van der Waals surface area contributed by atoms with E-state index in [4.69, 9.17) is 18.9 Å². The second-order valence-electron chi connectivity index (χ2n) is 6.63. The summed E-state index contributed by atoms with van der Waals surface area (Å²) in [6.45, 7) is 0. The molecule has 0 spiro atoms. The maximum Gasteiger partial charge on any atom is 0.310 e. The topological polar surface area (TPSA) is 94.5 Å². The van der Waals surface area contributed by atoms with Gasteiger partial charge in [0, 0.05) is 5.92 Å². The number of benzene rings is 2. The molecule has 3 atom stereocenters. The summed E-state index contributed by atoms with van der Waals surface area (Å²) in [5.41, 5.74) is 2.31. The normalized spacial score (nSPS) is 20.8. The van der Waals surface area contributed by atoms with Crippen LogP contribution in [0.3, 0.4) is 0 Å². The van der Waals surface area contributed by atoms with Crippen LogP contribution in [0.25, 0.3) is 0 Å². The quantitative estimate of drug-likeness (QED) is 0.785. The molecule has 7 heteroatoms. The first-order valence-electron chi connectivity index (χ1n) is 8.82. The molecule has 0 bridgehead atoms. The van der Waals surface area contributed by atoms with E-state index < -0.39 is 23.9 Å². The zero-order chi connectivity index (χ0) is 20.4. The van der Waals surface area contributed by atoms with Crippen molar-refractivity contribution in [1.82, 2.24) is 0 Å². The first-order valence-corrected chi connectivity index (χ1v) is 8.82. The van der Waals surface area contributed by atoms with Crippen molar-refractivity contribution in [2.75, 3.05) is 28.4 Å². The minimum atomic E-state index is -1.06. The van der Waals surface area contributed by atoms with Gasteiger partial charge in [-0.1, -0.05) is 6.07 Å². The predicted octanol–water partition coefficient (Wildman–Crippen LogP) is 2.47. The molecule has 28 heavy (non-hydrogen) atoms. The summed E-state index contributed by atoms with van der Waals surface area (Å²) in [4.78, 5) is 12.0. The van der Waals surface area contributed by atoms with Crippen LogP contribution in [0.15, 0.2) is 30.3 Å². The second-order valence-corrected chi connectivity index (χ2v) is 6.63. The van der Waals surface area contributed by atoms with E-state index in [0.717, 1.165) is 11.1 Å². The molecule has 150 valence electrons. The van der Waals surface area contributed by atoms with E-state index in [1.165, 1.54) is 28.4 Å². The number of methoxy groups -OCH3 is 4. The molecule has 2 aromatic carbocycles. The number of hydrogen-bond donors (Lipinski definition) is 2. The molecule has 1 aliphatic carbocycles. The van der Waals surface area contributed by atoms with Crippen molar-refractivity contribution in [2.24, 2.45) is 5.92 Å². The first-order chi connectivity index (χ1) is 13.4. The van der Waals surface area contributed by atoms with Gasteiger partial charge in [0.1, 0.15) is 0 Å². The number of rotatable bonds is 6. The molecule has 0 saturated carbocycles. The van der Waals surface area contributed by atoms with Gasteiger partial charge in [-0.25, -0.2) is 0 Å². The summed E-state index contributed by atoms with van der Waals surface area (Å²) in [7, 11) is 6.12. The standard InChI is InChI=1S/C21H24O7/c1-25-15-6-5-11(8-16(15)26-2)19-13-10-18(28-4)17(27-3)9-12(13)7-14(22)20(19)21(23)24/h5-6,8-10,14,19-20,22H,7H2,1-4H3,(H,23,24)/t14-,19-,20-/m0/s1. The van der Waals surface area contributed by atoms with Crippen LogP contribution in [0.2, 0.25) is 0 Å². The summed E-state index contributed by atoms with van der Waals surface area (Å²) in [5.74, 6) is -0.582. The number of carbonyl (C=O) groups is 1. The van der Waals surface area contributed by atoms with Gasteiger partial charge in [0.15, 0.2) is 23.0 Å². The van der Waals surface area contributed by atoms with Crippen molar-refractivity contribution >= 4 is 5.97 Å². The van der Waals surface area contributed by atoms with Crippen LogP contribution in [0.4, 0.5) is 0 Å². The summed E-state index contributed by atoms with van der Waals surface area (Å²) >= 11 is 0. The maximum absolute atomic E-state index is 12.0. The number of carboxylic acids is 1. The molecule has 0 aromatic heterocycles. The van der Waals surface area contributed by atoms with E-state index in [9.17, 15) is 15.0 Å². The minimum absolute atomic E-state index is 0.219. The highest BCUT2D eigenvalue weighted by atomic mass is 16.5. The minimum Gasteiger partial charge on any atom is -0.493 e. The van der Waals surface area contributed by atoms with Gasteiger partial charge < -0.3 is 29.2 Å². The molecule has 0 radical (unpaired) electrons. The first kappa shape index (κ1) is 19.8. The molecule has 3 rings (SSSR count). The van der Waals surface area contributed by atoms with E-state index in [-0.39, 0.29) is 6.42 Å². The summed E-state index contributed by atoms with van der Waals surface area (Å²) < 4.78 is 21.4. The van der Waals surface area contributed by atoms with Crippen molar-refractivity contribution in [3.8, 4) is 23.0 Å². The van der Waals surface area contributed by atoms with Crippen LogP contribution in [-0.4, -0.2) is 50.7 Å². The van der Waals surface area contributed by atoms with Crippen molar-refractivity contribution in [1.29, 1.82) is 0 Å². The van der Waals surface area contributed by atoms with Crippen molar-refractivity contribution in [2.45, 2.75) is 18.4 Å². The predicted molar refractivity (Wildman–Crippen MR) is 102 cm³/mol. The van der Waals surface area contributed by atoms with Gasteiger partial charge in [-0.05, 0) is 47.4 Å². The van der Waals surface area contributed by atoms with Crippen LogP contribution >= 0.6 is 0 Å². The number of ether oxygens (including phenoxy) is 4. The number of aliphatic hydroxyl groups is 1. The van der Waals surface area contributed by atoms with Gasteiger partial charge in [0.25, 0.3) is 0 Å². The summed E-state index contributed by atoms with van der Waals surface area (Å²) in [5, 5.41) is 20.5. The van der Waals surface area contributed by atoms with Crippen LogP contribution in [-0.2, 0) is 11.2 Å². The summed E-state index contributed by atoms with van der Waals surface area (Å²) in [6, 6.07) is 8.85. The van der Waals surface area contributed by atoms with Gasteiger partial charge in [-0.15, -0.1) is 0 Å². The van der Waals surface area contributed by atoms with Crippen LogP contribution < -0.4 is 18.9 Å². The van der Waals surface area contributed by atoms with Crippen LogP contribution in [0, 0.1) is 5.92 Å². The largest absolute Gasteiger partial charge is 0.493 e. The van der Waals surface area contributed by atoms with Crippen LogP contribution in [0.1, 0.15) is 22.6 Å². The van der Waals surface area contributed by atoms with Gasteiger partial charge in [0.2, 0.25) is 0 Å². The number of carboxylic acid groups (broad SMARTS) is 1. The van der Waals surface area contributed by atoms with Gasteiger partial charge in [-0.3, -0.25) is 4.79 Å². The Morgan fingerprint density at radius 3 is 2.04 bits per heavy atom. The molecule has 0 saturated heterocycles. The maximum atomic E-state index is 12.0. The van der Waals surface area contributed by atoms with Gasteiger partial charge in [-0.2, -0.15) is 0 Å². The zero-order valence-electron chi connectivity index (χ0n) is 16.3. The molecule has 7 nitrogen and oxygen atoms in total. The average molecular weight is 388 g/mol. The zero-order valence-corrected chi connectivity index (χ0v) is 16.3. The number of fused-ring (bicyclic) bond motifs is 1. The third-order valence-corrected chi connectivity index (χ3v) is 5.24. The number of aliphatic carboxylic acids is 1. The van der Waals surface area contributed by atoms with E-state index >= 15 is 0 Å². The molecule has 0 amide bonds. The van der Waals surface area contributed by atoms with E-state index in [1.54, 1.807) is 30.3 Å². The van der Waals surface area contributed by atoms with Crippen LogP contribution in [0.5, 0.6) is 23.0 Å². The fourth-order valence-corrected chi connectivity index (χ4v) is 3.91. The smallest absolute Gasteiger partial charge is 0.310 e. The fraction of sp³-hybridized carbons (Fsp3) is 0.381. The fourth-order valence-electron chi connectivity index (χ4n) is 3.91. The highest BCUT2D eigenvalue weighted by molar-refractivity contribution is 5.75. The Kier molecular flexibility index (Phi) is 5.65. The molecule has 0 aliphatic heterocycles. The third kappa shape index (κ3) is 3.33. The Morgan fingerprint density at radius 1 is 0.893 bits per heavy atom. The molecule has 0 fully saturated rings. The SMILES string of the molecule is COc1ccc([C@H]2c3cc(OC)c(OC)cc3C[C@H](O)[C@@H]2C(=O)O)cc1OC. The van der Waals surface area contributed by atoms with E-state index in [0.29, 0.717) is 28.6 Å². The van der Waals surface area contributed by atoms with Crippen molar-refractivity contribution < 1.29 is 34.0 Å². The molecule has 2 N–H and O–H groups in total. The monoisotopic (exact) mass is 388 g/mol. The van der Waals surface area contributed by atoms with Crippen molar-refractivity contribution in [3.63, 3.8) is 0 Å². The Hall–Kier alpha value is -2.93. The third-order valence-electron chi connectivity index (χ3n) is 5.24. The van der Waals surface area contributed by atoms with E-state index in [1.807, 2.05) is 0 Å². The molecule has 2 aromatic rings. The Morgan fingerprint density at radius 2 is 1.46 bits per heavy atom. The highest BCUT2D eigenvalue weighted by Gasteiger charge is 2.42. The lowest BCUT2D eigenvalue weighted by Gasteiger charge is -2.35. The van der Waals surface area contributed by atoms with E-state index in [2.05, 4.69) is 0 Å². The Labute approximate surface area is 163 Å². The van der Waals surface area contributed by atoms with Gasteiger partial charge >= 0.3 is 5.97 Å². The highest BCUT2D eigenvalue weighted by Crippen LogP contribution is 2.46. The number of aliphatic hydroxyl groups excluding tert-OH is 1. The molecule has 0 unspecified atom stereocenters. The Balaban J connectivity index is 2.23. The Bertz CT molecular complexity index is 877. The molecular weight excluding hydrogens is 364 g/mol. The molecule has 0 heterocycles. The second kappa shape index (κ2) is 7.98. The number of hydrogen-bond acceptors (Lipinski definition) is 6. The van der Waals surface area contributed by atoms with Crippen molar-refractivity contribution in [3.05, 3.63) is 47.0 Å².